The van der Waals surface area contributed by atoms with Crippen molar-refractivity contribution in [1.82, 2.24) is 24.7 Å². The third-order valence-corrected chi connectivity index (χ3v) is 4.87. The smallest absolute Gasteiger partial charge is 0.289 e. The molecule has 1 fully saturated rings. The van der Waals surface area contributed by atoms with E-state index in [1.54, 1.807) is 36.0 Å². The number of carbonyl (C=O) groups excluding carboxylic acids is 2. The molecule has 0 bridgehead atoms. The van der Waals surface area contributed by atoms with Gasteiger partial charge in [-0.15, -0.1) is 0 Å². The molecular formula is C19H25N5O2. The Hall–Kier alpha value is -2.67. The third kappa shape index (κ3) is 3.94. The van der Waals surface area contributed by atoms with Crippen molar-refractivity contribution >= 4 is 11.8 Å². The van der Waals surface area contributed by atoms with Crippen molar-refractivity contribution in [3.8, 4) is 0 Å². The van der Waals surface area contributed by atoms with Crippen LogP contribution in [0, 0.1) is 0 Å². The largest absolute Gasteiger partial charge is 0.358 e. The quantitative estimate of drug-likeness (QED) is 0.850. The lowest BCUT2D eigenvalue weighted by molar-refractivity contribution is -0.127. The molecule has 0 unspecified atom stereocenters. The molecule has 138 valence electrons. The molecule has 1 N–H and O–H groups in total. The number of aryl methyl sites for hydroxylation is 1. The van der Waals surface area contributed by atoms with Crippen molar-refractivity contribution in [3.63, 3.8) is 0 Å². The molecule has 0 aliphatic carbocycles. The summed E-state index contributed by atoms with van der Waals surface area (Å²) < 4.78 is 1.71. The lowest BCUT2D eigenvalue weighted by Gasteiger charge is -2.40. The Balaban J connectivity index is 1.68. The van der Waals surface area contributed by atoms with Gasteiger partial charge in [-0.1, -0.05) is 30.3 Å². The number of aromatic nitrogens is 2. The number of amides is 2. The Kier molecular flexibility index (Phi) is 5.68. The summed E-state index contributed by atoms with van der Waals surface area (Å²) in [6, 6.07) is 9.88. The molecule has 1 saturated heterocycles. The minimum absolute atomic E-state index is 0.0598. The molecule has 3 rings (SSSR count). The van der Waals surface area contributed by atoms with Crippen molar-refractivity contribution in [2.45, 2.75) is 12.5 Å². The average Bonchev–Trinajstić information content (AvgIpc) is 3.11. The molecule has 2 heterocycles. The van der Waals surface area contributed by atoms with Gasteiger partial charge in [-0.05, 0) is 12.0 Å². The Labute approximate surface area is 153 Å². The van der Waals surface area contributed by atoms with Gasteiger partial charge in [-0.3, -0.25) is 14.5 Å². The van der Waals surface area contributed by atoms with E-state index in [1.807, 2.05) is 18.2 Å². The lowest BCUT2D eigenvalue weighted by atomic mass is 10.1. The molecule has 1 aliphatic heterocycles. The van der Waals surface area contributed by atoms with Gasteiger partial charge in [0.05, 0.1) is 0 Å². The fourth-order valence-electron chi connectivity index (χ4n) is 3.32. The van der Waals surface area contributed by atoms with Crippen molar-refractivity contribution in [2.24, 2.45) is 7.05 Å². The maximum atomic E-state index is 12.7. The number of piperazine rings is 1. The summed E-state index contributed by atoms with van der Waals surface area (Å²) in [6.45, 7) is 2.42. The van der Waals surface area contributed by atoms with Crippen LogP contribution in [0.3, 0.4) is 0 Å². The maximum absolute atomic E-state index is 12.7. The topological polar surface area (TPSA) is 70.5 Å². The maximum Gasteiger partial charge on any atom is 0.289 e. The molecule has 2 amide bonds. The van der Waals surface area contributed by atoms with Crippen LogP contribution in [-0.2, 0) is 18.3 Å². The summed E-state index contributed by atoms with van der Waals surface area (Å²) in [6.07, 6.45) is 4.24. The van der Waals surface area contributed by atoms with Gasteiger partial charge in [0.1, 0.15) is 6.04 Å². The lowest BCUT2D eigenvalue weighted by Crippen LogP contribution is -2.60. The number of nitrogens with zero attached hydrogens (tertiary/aromatic N) is 4. The first-order valence-electron chi connectivity index (χ1n) is 8.86. The molecular weight excluding hydrogens is 330 g/mol. The normalized spacial score (nSPS) is 17.9. The summed E-state index contributed by atoms with van der Waals surface area (Å²) in [5.74, 6) is 0.211. The minimum atomic E-state index is -0.346. The van der Waals surface area contributed by atoms with Crippen LogP contribution in [-0.4, -0.2) is 70.4 Å². The van der Waals surface area contributed by atoms with Crippen LogP contribution in [0.4, 0.5) is 0 Å². The number of likely N-dealkylation sites (N-methyl/N-ethyl adjacent to an activating group) is 1. The van der Waals surface area contributed by atoms with Crippen molar-refractivity contribution in [1.29, 1.82) is 0 Å². The van der Waals surface area contributed by atoms with Gasteiger partial charge in [0.25, 0.3) is 5.91 Å². The van der Waals surface area contributed by atoms with E-state index in [0.29, 0.717) is 25.5 Å². The van der Waals surface area contributed by atoms with E-state index in [4.69, 9.17) is 0 Å². The number of imidazole rings is 1. The zero-order valence-electron chi connectivity index (χ0n) is 15.3. The van der Waals surface area contributed by atoms with Gasteiger partial charge in [-0.25, -0.2) is 4.98 Å². The van der Waals surface area contributed by atoms with Gasteiger partial charge < -0.3 is 14.8 Å². The minimum Gasteiger partial charge on any atom is -0.358 e. The number of nitrogens with one attached hydrogen (secondary N) is 1. The third-order valence-electron chi connectivity index (χ3n) is 4.87. The van der Waals surface area contributed by atoms with E-state index >= 15 is 0 Å². The Bertz CT molecular complexity index is 758. The highest BCUT2D eigenvalue weighted by Gasteiger charge is 2.34. The molecule has 7 nitrogen and oxygen atoms in total. The summed E-state index contributed by atoms with van der Waals surface area (Å²) >= 11 is 0. The number of carbonyl (C=O) groups is 2. The Morgan fingerprint density at radius 2 is 2.00 bits per heavy atom. The van der Waals surface area contributed by atoms with Crippen molar-refractivity contribution in [2.75, 3.05) is 33.2 Å². The molecule has 1 aromatic carbocycles. The zero-order valence-corrected chi connectivity index (χ0v) is 15.3. The first-order valence-corrected chi connectivity index (χ1v) is 8.86. The van der Waals surface area contributed by atoms with Crippen LogP contribution in [0.25, 0.3) is 0 Å². The summed E-state index contributed by atoms with van der Waals surface area (Å²) in [4.78, 5) is 33.1. The zero-order chi connectivity index (χ0) is 18.5. The fraction of sp³-hybridized carbons (Fsp3) is 0.421. The fourth-order valence-corrected chi connectivity index (χ4v) is 3.32. The molecule has 26 heavy (non-hydrogen) atoms. The predicted molar refractivity (Wildman–Crippen MR) is 98.7 cm³/mol. The van der Waals surface area contributed by atoms with Crippen molar-refractivity contribution < 1.29 is 9.59 Å². The highest BCUT2D eigenvalue weighted by atomic mass is 16.2. The standard InChI is InChI=1S/C19H25N5O2/c1-20-18(25)16-14-24(19(26)17-21-9-11-22(17)2)13-12-23(16)10-8-15-6-4-3-5-7-15/h3-7,9,11,16H,8,10,12-14H2,1-2H3,(H,20,25)/t16-/m1/s1. The van der Waals surface area contributed by atoms with Gasteiger partial charge in [0, 0.05) is 52.7 Å². The van der Waals surface area contributed by atoms with Crippen LogP contribution in [0.15, 0.2) is 42.7 Å². The molecule has 1 aliphatic rings. The van der Waals surface area contributed by atoms with Crippen molar-refractivity contribution in [3.05, 3.63) is 54.1 Å². The molecule has 0 spiro atoms. The second-order valence-corrected chi connectivity index (χ2v) is 6.51. The number of hydrogen-bond donors (Lipinski definition) is 1. The van der Waals surface area contributed by atoms with E-state index in [2.05, 4.69) is 27.3 Å². The number of hydrogen-bond acceptors (Lipinski definition) is 4. The van der Waals surface area contributed by atoms with E-state index in [1.165, 1.54) is 5.56 Å². The van der Waals surface area contributed by atoms with Crippen LogP contribution in [0.1, 0.15) is 16.2 Å². The summed E-state index contributed by atoms with van der Waals surface area (Å²) in [7, 11) is 3.43. The molecule has 1 aromatic heterocycles. The van der Waals surface area contributed by atoms with Gasteiger partial charge in [0.15, 0.2) is 5.82 Å². The molecule has 7 heteroatoms. The number of rotatable bonds is 5. The van der Waals surface area contributed by atoms with Gasteiger partial charge in [0.2, 0.25) is 5.91 Å². The van der Waals surface area contributed by atoms with Gasteiger partial charge >= 0.3 is 0 Å². The highest BCUT2D eigenvalue weighted by Crippen LogP contribution is 2.14. The van der Waals surface area contributed by atoms with Crippen LogP contribution >= 0.6 is 0 Å². The van der Waals surface area contributed by atoms with Crippen LogP contribution in [0.2, 0.25) is 0 Å². The van der Waals surface area contributed by atoms with Gasteiger partial charge in [-0.2, -0.15) is 0 Å². The van der Waals surface area contributed by atoms with E-state index in [0.717, 1.165) is 13.0 Å². The Morgan fingerprint density at radius 1 is 1.23 bits per heavy atom. The second-order valence-electron chi connectivity index (χ2n) is 6.51. The average molecular weight is 355 g/mol. The first-order chi connectivity index (χ1) is 12.6. The summed E-state index contributed by atoms with van der Waals surface area (Å²) in [5, 5.41) is 2.73. The molecule has 0 saturated carbocycles. The first kappa shape index (κ1) is 18.1. The SMILES string of the molecule is CNC(=O)[C@H]1CN(C(=O)c2nccn2C)CCN1CCc1ccccc1. The van der Waals surface area contributed by atoms with Crippen LogP contribution < -0.4 is 5.32 Å². The molecule has 0 radical (unpaired) electrons. The monoisotopic (exact) mass is 355 g/mol. The number of benzene rings is 1. The highest BCUT2D eigenvalue weighted by molar-refractivity contribution is 5.92. The van der Waals surface area contributed by atoms with E-state index in [9.17, 15) is 9.59 Å². The Morgan fingerprint density at radius 3 is 2.65 bits per heavy atom. The molecule has 1 atom stereocenters. The predicted octanol–water partition coefficient (Wildman–Crippen LogP) is 0.535. The summed E-state index contributed by atoms with van der Waals surface area (Å²) in [5.41, 5.74) is 1.25. The van der Waals surface area contributed by atoms with E-state index in [-0.39, 0.29) is 17.9 Å². The van der Waals surface area contributed by atoms with E-state index < -0.39 is 0 Å². The molecule has 2 aromatic rings. The second kappa shape index (κ2) is 8.14. The van der Waals surface area contributed by atoms with Crippen LogP contribution in [0.5, 0.6) is 0 Å².